The van der Waals surface area contributed by atoms with Crippen molar-refractivity contribution in [2.45, 2.75) is 0 Å². The van der Waals surface area contributed by atoms with Crippen LogP contribution >= 0.6 is 0 Å². The molecule has 7 heteroatoms. The van der Waals surface area contributed by atoms with E-state index in [0.29, 0.717) is 28.4 Å². The summed E-state index contributed by atoms with van der Waals surface area (Å²) in [6.07, 6.45) is 3.29. The number of ether oxygens (including phenoxy) is 1. The van der Waals surface area contributed by atoms with Crippen LogP contribution in [0.5, 0.6) is 5.88 Å². The van der Waals surface area contributed by atoms with Crippen LogP contribution in [-0.2, 0) is 0 Å². The lowest BCUT2D eigenvalue weighted by atomic mass is 10.1. The van der Waals surface area contributed by atoms with E-state index in [0.717, 1.165) is 31.7 Å². The highest BCUT2D eigenvalue weighted by molar-refractivity contribution is 5.89. The molecule has 1 aliphatic heterocycles. The van der Waals surface area contributed by atoms with Gasteiger partial charge < -0.3 is 19.0 Å². The van der Waals surface area contributed by atoms with Crippen molar-refractivity contribution in [3.63, 3.8) is 0 Å². The van der Waals surface area contributed by atoms with Gasteiger partial charge in [-0.3, -0.25) is 9.78 Å². The summed E-state index contributed by atoms with van der Waals surface area (Å²) in [6, 6.07) is 6.88. The van der Waals surface area contributed by atoms with E-state index in [1.807, 2.05) is 6.07 Å². The number of nitrogens with zero attached hydrogens (tertiary/aromatic N) is 4. The van der Waals surface area contributed by atoms with E-state index < -0.39 is 0 Å². The molecule has 0 amide bonds. The van der Waals surface area contributed by atoms with Gasteiger partial charge in [0.15, 0.2) is 16.9 Å². The first-order chi connectivity index (χ1) is 12.7. The number of piperazine rings is 1. The molecule has 1 fully saturated rings. The third-order valence-electron chi connectivity index (χ3n) is 4.67. The van der Waals surface area contributed by atoms with E-state index in [1.54, 1.807) is 37.7 Å². The molecule has 0 bridgehead atoms. The van der Waals surface area contributed by atoms with Crippen molar-refractivity contribution < 1.29 is 9.15 Å². The lowest BCUT2D eigenvalue weighted by Gasteiger charge is -2.32. The molecule has 4 rings (SSSR count). The Kier molecular flexibility index (Phi) is 4.30. The summed E-state index contributed by atoms with van der Waals surface area (Å²) >= 11 is 0. The van der Waals surface area contributed by atoms with Gasteiger partial charge in [0.1, 0.15) is 5.69 Å². The van der Waals surface area contributed by atoms with Crippen molar-refractivity contribution >= 4 is 16.9 Å². The van der Waals surface area contributed by atoms with E-state index in [4.69, 9.17) is 9.15 Å². The zero-order chi connectivity index (χ0) is 18.1. The van der Waals surface area contributed by atoms with Crippen molar-refractivity contribution in [3.8, 4) is 17.1 Å². The Bertz CT molecular complexity index is 976. The Morgan fingerprint density at radius 3 is 2.62 bits per heavy atom. The van der Waals surface area contributed by atoms with Gasteiger partial charge in [-0.05, 0) is 19.2 Å². The summed E-state index contributed by atoms with van der Waals surface area (Å²) in [5, 5.41) is 0.517. The van der Waals surface area contributed by atoms with Crippen LogP contribution in [-0.4, -0.2) is 55.2 Å². The number of likely N-dealkylation sites (N-methyl/N-ethyl adjacent to an activating group) is 1. The molecule has 134 valence electrons. The number of hydrogen-bond acceptors (Lipinski definition) is 7. The second-order valence-corrected chi connectivity index (χ2v) is 6.36. The van der Waals surface area contributed by atoms with Crippen LogP contribution in [0.3, 0.4) is 0 Å². The molecule has 0 unspecified atom stereocenters. The van der Waals surface area contributed by atoms with Crippen molar-refractivity contribution in [2.75, 3.05) is 45.2 Å². The van der Waals surface area contributed by atoms with Gasteiger partial charge in [0.05, 0.1) is 12.5 Å². The average Bonchev–Trinajstić information content (AvgIpc) is 2.68. The molecule has 0 aromatic carbocycles. The van der Waals surface area contributed by atoms with Crippen molar-refractivity contribution in [3.05, 3.63) is 46.9 Å². The normalized spacial score (nSPS) is 15.4. The molecule has 7 nitrogen and oxygen atoms in total. The lowest BCUT2D eigenvalue weighted by molar-refractivity contribution is 0.306. The molecule has 0 spiro atoms. The van der Waals surface area contributed by atoms with Gasteiger partial charge in [0.25, 0.3) is 0 Å². The van der Waals surface area contributed by atoms with Crippen molar-refractivity contribution in [2.24, 2.45) is 0 Å². The van der Waals surface area contributed by atoms with Crippen LogP contribution in [0.15, 0.2) is 45.9 Å². The first kappa shape index (κ1) is 16.5. The monoisotopic (exact) mass is 352 g/mol. The maximum atomic E-state index is 12.6. The molecule has 1 aliphatic rings. The number of fused-ring (bicyclic) bond motifs is 1. The van der Waals surface area contributed by atoms with Crippen molar-refractivity contribution in [1.82, 2.24) is 14.9 Å². The van der Waals surface area contributed by atoms with Gasteiger partial charge in [0, 0.05) is 56.3 Å². The number of aromatic nitrogens is 2. The van der Waals surface area contributed by atoms with E-state index >= 15 is 0 Å². The maximum absolute atomic E-state index is 12.6. The number of anilines is 1. The van der Waals surface area contributed by atoms with Gasteiger partial charge in [-0.1, -0.05) is 0 Å². The highest BCUT2D eigenvalue weighted by Gasteiger charge is 2.19. The number of methoxy groups -OCH3 is 1. The predicted octanol–water partition coefficient (Wildman–Crippen LogP) is 2.01. The van der Waals surface area contributed by atoms with Gasteiger partial charge in [-0.25, -0.2) is 4.98 Å². The van der Waals surface area contributed by atoms with E-state index in [9.17, 15) is 4.79 Å². The molecule has 0 saturated carbocycles. The Hall–Kier alpha value is -2.93. The lowest BCUT2D eigenvalue weighted by Crippen LogP contribution is -2.44. The zero-order valence-corrected chi connectivity index (χ0v) is 14.8. The maximum Gasteiger partial charge on any atom is 0.212 e. The molecule has 0 aliphatic carbocycles. The van der Waals surface area contributed by atoms with Crippen molar-refractivity contribution in [1.29, 1.82) is 0 Å². The fraction of sp³-hybridized carbons (Fsp3) is 0.316. The highest BCUT2D eigenvalue weighted by Crippen LogP contribution is 2.28. The summed E-state index contributed by atoms with van der Waals surface area (Å²) in [5.41, 5.74) is 1.80. The molecule has 3 aromatic heterocycles. The van der Waals surface area contributed by atoms with E-state index in [-0.39, 0.29) is 5.43 Å². The third-order valence-corrected chi connectivity index (χ3v) is 4.67. The van der Waals surface area contributed by atoms with Crippen LogP contribution in [0.2, 0.25) is 0 Å². The number of pyridine rings is 2. The fourth-order valence-electron chi connectivity index (χ4n) is 3.10. The quantitative estimate of drug-likeness (QED) is 0.714. The van der Waals surface area contributed by atoms with E-state index in [2.05, 4.69) is 26.8 Å². The van der Waals surface area contributed by atoms with Gasteiger partial charge >= 0.3 is 0 Å². The van der Waals surface area contributed by atoms with Crippen LogP contribution in [0.25, 0.3) is 22.2 Å². The Balaban J connectivity index is 1.82. The SMILES string of the molecule is COc1ccc(-c2nccc3c(=O)cc(N4CCN(C)CC4)oc23)cn1. The molecule has 3 aromatic rings. The molecule has 0 radical (unpaired) electrons. The minimum atomic E-state index is -0.0645. The first-order valence-corrected chi connectivity index (χ1v) is 8.52. The van der Waals surface area contributed by atoms with Crippen LogP contribution < -0.4 is 15.1 Å². The predicted molar refractivity (Wildman–Crippen MR) is 99.8 cm³/mol. The number of rotatable bonds is 3. The largest absolute Gasteiger partial charge is 0.481 e. The fourth-order valence-corrected chi connectivity index (χ4v) is 3.10. The first-order valence-electron chi connectivity index (χ1n) is 8.52. The average molecular weight is 352 g/mol. The second kappa shape index (κ2) is 6.76. The zero-order valence-electron chi connectivity index (χ0n) is 14.8. The van der Waals surface area contributed by atoms with E-state index in [1.165, 1.54) is 0 Å². The van der Waals surface area contributed by atoms with Crippen LogP contribution in [0, 0.1) is 0 Å². The smallest absolute Gasteiger partial charge is 0.212 e. The summed E-state index contributed by atoms with van der Waals surface area (Å²) in [7, 11) is 3.66. The van der Waals surface area contributed by atoms with Gasteiger partial charge in [0.2, 0.25) is 5.88 Å². The van der Waals surface area contributed by atoms with Gasteiger partial charge in [-0.2, -0.15) is 0 Å². The Morgan fingerprint density at radius 1 is 1.12 bits per heavy atom. The van der Waals surface area contributed by atoms with Crippen LogP contribution in [0.1, 0.15) is 0 Å². The summed E-state index contributed by atoms with van der Waals surface area (Å²) in [5.74, 6) is 1.11. The third kappa shape index (κ3) is 3.01. The summed E-state index contributed by atoms with van der Waals surface area (Å²) < 4.78 is 11.2. The molecular weight excluding hydrogens is 332 g/mol. The second-order valence-electron chi connectivity index (χ2n) is 6.36. The summed E-state index contributed by atoms with van der Waals surface area (Å²) in [6.45, 7) is 3.52. The molecule has 0 N–H and O–H groups in total. The standard InChI is InChI=1S/C19H20N4O3/c1-22-7-9-23(10-8-22)17-11-15(24)14-5-6-20-18(19(14)26-17)13-3-4-16(25-2)21-12-13/h3-6,11-12H,7-10H2,1-2H3. The van der Waals surface area contributed by atoms with Crippen LogP contribution in [0.4, 0.5) is 5.88 Å². The molecule has 26 heavy (non-hydrogen) atoms. The summed E-state index contributed by atoms with van der Waals surface area (Å²) in [4.78, 5) is 25.6. The Morgan fingerprint density at radius 2 is 1.92 bits per heavy atom. The molecular formula is C19H20N4O3. The molecule has 0 atom stereocenters. The molecule has 4 heterocycles. The number of hydrogen-bond donors (Lipinski definition) is 0. The minimum Gasteiger partial charge on any atom is -0.481 e. The molecule has 1 saturated heterocycles. The topological polar surface area (TPSA) is 71.7 Å². The van der Waals surface area contributed by atoms with Gasteiger partial charge in [-0.15, -0.1) is 0 Å². The minimum absolute atomic E-state index is 0.0645. The highest BCUT2D eigenvalue weighted by atomic mass is 16.5. The Labute approximate surface area is 150 Å².